The molecule has 0 radical (unpaired) electrons. The zero-order valence-electron chi connectivity index (χ0n) is 13.4. The van der Waals surface area contributed by atoms with E-state index in [1.807, 2.05) is 6.07 Å². The van der Waals surface area contributed by atoms with Crippen molar-refractivity contribution in [2.24, 2.45) is 0 Å². The van der Waals surface area contributed by atoms with E-state index >= 15 is 0 Å². The fraction of sp³-hybridized carbons (Fsp3) is 0.111. The smallest absolute Gasteiger partial charge is 0.197 e. The summed E-state index contributed by atoms with van der Waals surface area (Å²) in [6.07, 6.45) is 1.34. The minimum atomic E-state index is -0.303. The molecule has 3 rings (SSSR count). The highest BCUT2D eigenvalue weighted by Gasteiger charge is 2.21. The fourth-order valence-corrected chi connectivity index (χ4v) is 3.27. The van der Waals surface area contributed by atoms with E-state index in [1.165, 1.54) is 25.5 Å². The Morgan fingerprint density at radius 3 is 2.73 bits per heavy atom. The standard InChI is InChI=1S/C18H11Br2NO5/c1-24-14-6-9(2-3-13(14)25-5-4-21)17(23)11-8-26-18-10(11)7-12(22)15(19)16(18)20/h2-3,6-8,22H,5H2,1H3. The van der Waals surface area contributed by atoms with E-state index in [4.69, 9.17) is 19.2 Å². The average Bonchev–Trinajstić information content (AvgIpc) is 3.07. The quantitative estimate of drug-likeness (QED) is 0.527. The van der Waals surface area contributed by atoms with Crippen LogP contribution in [-0.2, 0) is 0 Å². The van der Waals surface area contributed by atoms with Crippen molar-refractivity contribution in [1.82, 2.24) is 0 Å². The Bertz CT molecular complexity index is 1050. The van der Waals surface area contributed by atoms with Gasteiger partial charge in [-0.25, -0.2) is 0 Å². The number of methoxy groups -OCH3 is 1. The van der Waals surface area contributed by atoms with Gasteiger partial charge in [-0.1, -0.05) is 0 Å². The van der Waals surface area contributed by atoms with Gasteiger partial charge < -0.3 is 19.0 Å². The summed E-state index contributed by atoms with van der Waals surface area (Å²) in [7, 11) is 1.45. The molecule has 8 heteroatoms. The van der Waals surface area contributed by atoms with Gasteiger partial charge in [-0.15, -0.1) is 0 Å². The minimum Gasteiger partial charge on any atom is -0.507 e. The summed E-state index contributed by atoms with van der Waals surface area (Å²) in [5, 5.41) is 19.1. The number of hydrogen-bond donors (Lipinski definition) is 1. The second-order valence-electron chi connectivity index (χ2n) is 5.19. The lowest BCUT2D eigenvalue weighted by Crippen LogP contribution is -2.03. The van der Waals surface area contributed by atoms with Crippen LogP contribution in [-0.4, -0.2) is 24.6 Å². The van der Waals surface area contributed by atoms with Crippen molar-refractivity contribution in [2.45, 2.75) is 0 Å². The van der Waals surface area contributed by atoms with Crippen LogP contribution in [0.1, 0.15) is 15.9 Å². The molecule has 0 aliphatic heterocycles. The number of furan rings is 1. The first-order valence-electron chi connectivity index (χ1n) is 7.28. The molecule has 1 N–H and O–H groups in total. The van der Waals surface area contributed by atoms with Crippen molar-refractivity contribution >= 4 is 48.6 Å². The molecule has 0 aliphatic carbocycles. The molecule has 1 aromatic heterocycles. The molecule has 0 bridgehead atoms. The third-order valence-corrected chi connectivity index (χ3v) is 5.78. The molecule has 0 saturated heterocycles. The van der Waals surface area contributed by atoms with Crippen LogP contribution in [0.4, 0.5) is 0 Å². The first-order valence-corrected chi connectivity index (χ1v) is 8.87. The molecule has 0 unspecified atom stereocenters. The highest BCUT2D eigenvalue weighted by molar-refractivity contribution is 9.13. The third kappa shape index (κ3) is 3.16. The molecule has 0 fully saturated rings. The second kappa shape index (κ2) is 7.40. The number of nitriles is 1. The van der Waals surface area contributed by atoms with Crippen LogP contribution >= 0.6 is 31.9 Å². The summed E-state index contributed by atoms with van der Waals surface area (Å²) < 4.78 is 16.9. The highest BCUT2D eigenvalue weighted by atomic mass is 79.9. The maximum atomic E-state index is 12.9. The van der Waals surface area contributed by atoms with Crippen LogP contribution in [0.3, 0.4) is 0 Å². The largest absolute Gasteiger partial charge is 0.507 e. The lowest BCUT2D eigenvalue weighted by atomic mass is 10.0. The van der Waals surface area contributed by atoms with Gasteiger partial charge in [0, 0.05) is 10.9 Å². The first kappa shape index (κ1) is 18.3. The molecule has 1 heterocycles. The lowest BCUT2D eigenvalue weighted by Gasteiger charge is -2.09. The maximum absolute atomic E-state index is 12.9. The molecule has 132 valence electrons. The summed E-state index contributed by atoms with van der Waals surface area (Å²) in [6, 6.07) is 8.00. The van der Waals surface area contributed by atoms with Crippen LogP contribution in [0.25, 0.3) is 11.0 Å². The Hall–Kier alpha value is -2.50. The number of halogens is 2. The molecule has 0 aliphatic rings. The number of benzene rings is 2. The number of fused-ring (bicyclic) bond motifs is 1. The molecule has 0 atom stereocenters. The van der Waals surface area contributed by atoms with Crippen molar-refractivity contribution in [3.05, 3.63) is 50.6 Å². The summed E-state index contributed by atoms with van der Waals surface area (Å²) >= 11 is 6.58. The summed E-state index contributed by atoms with van der Waals surface area (Å²) in [5.74, 6) is 0.387. The molecule has 0 amide bonds. The van der Waals surface area contributed by atoms with Crippen molar-refractivity contribution in [3.8, 4) is 23.3 Å². The molecule has 0 saturated carbocycles. The van der Waals surface area contributed by atoms with E-state index in [-0.39, 0.29) is 18.1 Å². The topological polar surface area (TPSA) is 92.7 Å². The molecule has 0 spiro atoms. The van der Waals surface area contributed by atoms with E-state index in [0.29, 0.717) is 42.5 Å². The number of nitrogens with zero attached hydrogens (tertiary/aromatic N) is 1. The van der Waals surface area contributed by atoms with Gasteiger partial charge in [0.2, 0.25) is 0 Å². The van der Waals surface area contributed by atoms with E-state index in [9.17, 15) is 9.90 Å². The number of phenolic OH excluding ortho intramolecular Hbond substituents is 1. The number of carbonyl (C=O) groups excluding carboxylic acids is 1. The highest BCUT2D eigenvalue weighted by Crippen LogP contribution is 2.41. The van der Waals surface area contributed by atoms with Gasteiger partial charge in [-0.05, 0) is 56.1 Å². The number of aromatic hydroxyl groups is 1. The van der Waals surface area contributed by atoms with E-state index < -0.39 is 0 Å². The molecular weight excluding hydrogens is 470 g/mol. The predicted octanol–water partition coefficient (Wildman–Crippen LogP) is 4.81. The molecule has 26 heavy (non-hydrogen) atoms. The zero-order valence-corrected chi connectivity index (χ0v) is 16.5. The molecular formula is C18H11Br2NO5. The lowest BCUT2D eigenvalue weighted by molar-refractivity contribution is 0.103. The third-order valence-electron chi connectivity index (χ3n) is 3.69. The van der Waals surface area contributed by atoms with Crippen molar-refractivity contribution < 1.29 is 23.8 Å². The van der Waals surface area contributed by atoms with Gasteiger partial charge in [-0.3, -0.25) is 4.79 Å². The van der Waals surface area contributed by atoms with Gasteiger partial charge >= 0.3 is 0 Å². The van der Waals surface area contributed by atoms with Crippen LogP contribution in [0.2, 0.25) is 0 Å². The van der Waals surface area contributed by atoms with Gasteiger partial charge in [-0.2, -0.15) is 5.26 Å². The average molecular weight is 481 g/mol. The van der Waals surface area contributed by atoms with Gasteiger partial charge in [0.05, 0.1) is 21.6 Å². The second-order valence-corrected chi connectivity index (χ2v) is 6.78. The number of carbonyl (C=O) groups is 1. The number of hydrogen-bond acceptors (Lipinski definition) is 6. The molecule has 2 aromatic carbocycles. The van der Waals surface area contributed by atoms with Crippen LogP contribution < -0.4 is 9.47 Å². The molecule has 3 aromatic rings. The summed E-state index contributed by atoms with van der Waals surface area (Å²) in [5.41, 5.74) is 1.10. The van der Waals surface area contributed by atoms with Crippen LogP contribution in [0.15, 0.2) is 43.9 Å². The Labute approximate surface area is 165 Å². The van der Waals surface area contributed by atoms with Crippen molar-refractivity contribution in [2.75, 3.05) is 13.7 Å². The van der Waals surface area contributed by atoms with Gasteiger partial charge in [0.25, 0.3) is 0 Å². The van der Waals surface area contributed by atoms with Gasteiger partial charge in [0.15, 0.2) is 23.9 Å². The number of rotatable bonds is 5. The predicted molar refractivity (Wildman–Crippen MR) is 101 cm³/mol. The van der Waals surface area contributed by atoms with Crippen LogP contribution in [0, 0.1) is 11.3 Å². The Kier molecular flexibility index (Phi) is 5.20. The first-order chi connectivity index (χ1) is 12.5. The summed E-state index contributed by atoms with van der Waals surface area (Å²) in [6.45, 7) is -0.127. The van der Waals surface area contributed by atoms with Crippen LogP contribution in [0.5, 0.6) is 17.2 Å². The normalized spacial score (nSPS) is 10.5. The SMILES string of the molecule is COc1cc(C(=O)c2coc3c(Br)c(Br)c(O)cc23)ccc1OCC#N. The molecule has 6 nitrogen and oxygen atoms in total. The van der Waals surface area contributed by atoms with E-state index in [1.54, 1.807) is 12.1 Å². The number of ether oxygens (including phenoxy) is 2. The van der Waals surface area contributed by atoms with Crippen molar-refractivity contribution in [1.29, 1.82) is 5.26 Å². The minimum absolute atomic E-state index is 0.0161. The Balaban J connectivity index is 2.05. The zero-order chi connectivity index (χ0) is 18.8. The Morgan fingerprint density at radius 1 is 1.27 bits per heavy atom. The Morgan fingerprint density at radius 2 is 2.04 bits per heavy atom. The van der Waals surface area contributed by atoms with E-state index in [2.05, 4.69) is 31.9 Å². The van der Waals surface area contributed by atoms with E-state index in [0.717, 1.165) is 0 Å². The fourth-order valence-electron chi connectivity index (χ4n) is 2.46. The van der Waals surface area contributed by atoms with Crippen molar-refractivity contribution in [3.63, 3.8) is 0 Å². The number of ketones is 1. The van der Waals surface area contributed by atoms with Gasteiger partial charge in [0.1, 0.15) is 23.7 Å². The monoisotopic (exact) mass is 479 g/mol. The number of phenols is 1. The maximum Gasteiger partial charge on any atom is 0.197 e. The summed E-state index contributed by atoms with van der Waals surface area (Å²) in [4.78, 5) is 12.9.